The fraction of sp³-hybridized carbons (Fsp3) is 0.222. The van der Waals surface area contributed by atoms with Crippen molar-refractivity contribution in [2.45, 2.75) is 20.3 Å². The second-order valence-electron chi connectivity index (χ2n) is 5.22. The van der Waals surface area contributed by atoms with Crippen molar-refractivity contribution in [3.8, 4) is 5.75 Å². The van der Waals surface area contributed by atoms with Gasteiger partial charge in [0.15, 0.2) is 0 Å². The number of benzene rings is 2. The highest BCUT2D eigenvalue weighted by Gasteiger charge is 2.04. The number of carbonyl (C=O) groups is 2. The molecular formula is C18H20N2O3. The van der Waals surface area contributed by atoms with Crippen molar-refractivity contribution in [2.24, 2.45) is 0 Å². The molecule has 2 amide bonds. The van der Waals surface area contributed by atoms with Crippen LogP contribution < -0.4 is 15.4 Å². The van der Waals surface area contributed by atoms with E-state index in [4.69, 9.17) is 4.74 Å². The minimum absolute atomic E-state index is 0.142. The number of ether oxygens (including phenoxy) is 1. The van der Waals surface area contributed by atoms with Gasteiger partial charge in [-0.15, -0.1) is 0 Å². The third-order valence-corrected chi connectivity index (χ3v) is 3.09. The lowest BCUT2D eigenvalue weighted by Crippen LogP contribution is -2.15. The van der Waals surface area contributed by atoms with Crippen molar-refractivity contribution >= 4 is 23.2 Å². The van der Waals surface area contributed by atoms with Crippen LogP contribution in [0.5, 0.6) is 5.75 Å². The molecule has 0 radical (unpaired) electrons. The molecule has 23 heavy (non-hydrogen) atoms. The molecule has 0 saturated heterocycles. The molecule has 0 bridgehead atoms. The first-order valence-corrected chi connectivity index (χ1v) is 7.40. The normalized spacial score (nSPS) is 10.0. The first kappa shape index (κ1) is 16.5. The van der Waals surface area contributed by atoms with Crippen molar-refractivity contribution in [2.75, 3.05) is 17.2 Å². The van der Waals surface area contributed by atoms with Gasteiger partial charge in [0.25, 0.3) is 0 Å². The molecule has 2 rings (SSSR count). The summed E-state index contributed by atoms with van der Waals surface area (Å²) in [5.41, 5.74) is 2.44. The van der Waals surface area contributed by atoms with Gasteiger partial charge in [0.1, 0.15) is 5.75 Å². The van der Waals surface area contributed by atoms with E-state index in [1.54, 1.807) is 24.3 Å². The van der Waals surface area contributed by atoms with Crippen LogP contribution in [-0.2, 0) is 9.59 Å². The zero-order valence-corrected chi connectivity index (χ0v) is 13.3. The smallest absolute Gasteiger partial charge is 0.227 e. The average molecular weight is 312 g/mol. The molecule has 2 N–H and O–H groups in total. The quantitative estimate of drug-likeness (QED) is 0.859. The standard InChI is InChI=1S/C18H20N2O3/c1-13-6-8-17(9-7-13)23-11-10-18(22)20-16-5-3-4-15(12-16)19-14(2)21/h3-9,12H,10-11H2,1-2H3,(H,19,21)(H,20,22). The average Bonchev–Trinajstić information content (AvgIpc) is 2.49. The number of amides is 2. The van der Waals surface area contributed by atoms with Crippen molar-refractivity contribution in [3.05, 3.63) is 54.1 Å². The van der Waals surface area contributed by atoms with Crippen molar-refractivity contribution in [1.29, 1.82) is 0 Å². The molecule has 0 aliphatic carbocycles. The lowest BCUT2D eigenvalue weighted by Gasteiger charge is -2.09. The first-order valence-electron chi connectivity index (χ1n) is 7.40. The van der Waals surface area contributed by atoms with Gasteiger partial charge in [-0.25, -0.2) is 0 Å². The Hall–Kier alpha value is -2.82. The Morgan fingerprint density at radius 3 is 2.30 bits per heavy atom. The van der Waals surface area contributed by atoms with Crippen LogP contribution in [0.2, 0.25) is 0 Å². The van der Waals surface area contributed by atoms with Crippen molar-refractivity contribution < 1.29 is 14.3 Å². The van der Waals surface area contributed by atoms with E-state index in [2.05, 4.69) is 10.6 Å². The molecule has 0 aliphatic heterocycles. The van der Waals surface area contributed by atoms with E-state index < -0.39 is 0 Å². The Balaban J connectivity index is 1.80. The largest absolute Gasteiger partial charge is 0.493 e. The molecule has 0 atom stereocenters. The van der Waals surface area contributed by atoms with Gasteiger partial charge in [0.05, 0.1) is 13.0 Å². The molecule has 2 aromatic rings. The molecule has 0 saturated carbocycles. The van der Waals surface area contributed by atoms with Crippen LogP contribution in [0.4, 0.5) is 11.4 Å². The molecule has 0 aromatic heterocycles. The number of hydrogen-bond acceptors (Lipinski definition) is 3. The number of aryl methyl sites for hydroxylation is 1. The summed E-state index contributed by atoms with van der Waals surface area (Å²) in [6, 6.07) is 14.7. The molecule has 0 heterocycles. The van der Waals surface area contributed by atoms with Crippen LogP contribution in [-0.4, -0.2) is 18.4 Å². The molecule has 0 aliphatic rings. The van der Waals surface area contributed by atoms with E-state index in [-0.39, 0.29) is 18.2 Å². The highest BCUT2D eigenvalue weighted by Crippen LogP contribution is 2.15. The summed E-state index contributed by atoms with van der Waals surface area (Å²) < 4.78 is 5.53. The molecule has 0 fully saturated rings. The SMILES string of the molecule is CC(=O)Nc1cccc(NC(=O)CCOc2ccc(C)cc2)c1. The van der Waals surface area contributed by atoms with Crippen molar-refractivity contribution in [1.82, 2.24) is 0 Å². The van der Waals surface area contributed by atoms with Crippen LogP contribution in [0.15, 0.2) is 48.5 Å². The Labute approximate surface area is 135 Å². The summed E-state index contributed by atoms with van der Waals surface area (Å²) in [6.45, 7) is 3.75. The van der Waals surface area contributed by atoms with E-state index in [0.29, 0.717) is 18.0 Å². The second-order valence-corrected chi connectivity index (χ2v) is 5.22. The molecule has 5 heteroatoms. The van der Waals surface area contributed by atoms with Gasteiger partial charge in [-0.2, -0.15) is 0 Å². The van der Waals surface area contributed by atoms with E-state index in [0.717, 1.165) is 11.3 Å². The van der Waals surface area contributed by atoms with E-state index >= 15 is 0 Å². The maximum absolute atomic E-state index is 11.9. The molecule has 5 nitrogen and oxygen atoms in total. The maximum atomic E-state index is 11.9. The Bertz CT molecular complexity index is 681. The number of carbonyl (C=O) groups excluding carboxylic acids is 2. The van der Waals surface area contributed by atoms with Gasteiger partial charge in [-0.3, -0.25) is 9.59 Å². The van der Waals surface area contributed by atoms with Gasteiger partial charge < -0.3 is 15.4 Å². The summed E-state index contributed by atoms with van der Waals surface area (Å²) in [5.74, 6) is 0.452. The van der Waals surface area contributed by atoms with Gasteiger partial charge in [-0.1, -0.05) is 23.8 Å². The lowest BCUT2D eigenvalue weighted by atomic mass is 10.2. The first-order chi connectivity index (χ1) is 11.0. The zero-order valence-electron chi connectivity index (χ0n) is 13.3. The number of rotatable bonds is 6. The highest BCUT2D eigenvalue weighted by atomic mass is 16.5. The number of anilines is 2. The zero-order chi connectivity index (χ0) is 16.7. The summed E-state index contributed by atoms with van der Waals surface area (Å²) in [7, 11) is 0. The highest BCUT2D eigenvalue weighted by molar-refractivity contribution is 5.93. The third-order valence-electron chi connectivity index (χ3n) is 3.09. The topological polar surface area (TPSA) is 67.4 Å². The monoisotopic (exact) mass is 312 g/mol. The van der Waals surface area contributed by atoms with Gasteiger partial charge in [0.2, 0.25) is 11.8 Å². The number of hydrogen-bond donors (Lipinski definition) is 2. The lowest BCUT2D eigenvalue weighted by molar-refractivity contribution is -0.116. The summed E-state index contributed by atoms with van der Waals surface area (Å²) in [5, 5.41) is 5.45. The molecule has 0 spiro atoms. The molecule has 2 aromatic carbocycles. The third kappa shape index (κ3) is 5.82. The van der Waals surface area contributed by atoms with Crippen LogP contribution in [0.3, 0.4) is 0 Å². The minimum atomic E-state index is -0.153. The van der Waals surface area contributed by atoms with E-state index in [1.165, 1.54) is 6.92 Å². The summed E-state index contributed by atoms with van der Waals surface area (Å²) in [6.07, 6.45) is 0.248. The fourth-order valence-electron chi connectivity index (χ4n) is 2.00. The van der Waals surface area contributed by atoms with Gasteiger partial charge in [-0.05, 0) is 37.3 Å². The Kier molecular flexibility index (Phi) is 5.74. The second kappa shape index (κ2) is 7.98. The van der Waals surface area contributed by atoms with Crippen LogP contribution in [0, 0.1) is 6.92 Å². The van der Waals surface area contributed by atoms with Gasteiger partial charge in [0, 0.05) is 18.3 Å². The predicted octanol–water partition coefficient (Wildman–Crippen LogP) is 3.36. The Morgan fingerprint density at radius 2 is 1.65 bits per heavy atom. The fourth-order valence-corrected chi connectivity index (χ4v) is 2.00. The summed E-state index contributed by atoms with van der Waals surface area (Å²) >= 11 is 0. The molecule has 0 unspecified atom stereocenters. The summed E-state index contributed by atoms with van der Waals surface area (Å²) in [4.78, 5) is 22.9. The van der Waals surface area contributed by atoms with Gasteiger partial charge >= 0.3 is 0 Å². The van der Waals surface area contributed by atoms with Crippen LogP contribution in [0.25, 0.3) is 0 Å². The van der Waals surface area contributed by atoms with Crippen LogP contribution >= 0.6 is 0 Å². The van der Waals surface area contributed by atoms with Crippen molar-refractivity contribution in [3.63, 3.8) is 0 Å². The predicted molar refractivity (Wildman–Crippen MR) is 90.7 cm³/mol. The van der Waals surface area contributed by atoms with Crippen LogP contribution in [0.1, 0.15) is 18.9 Å². The Morgan fingerprint density at radius 1 is 1.00 bits per heavy atom. The molecule has 120 valence electrons. The van der Waals surface area contributed by atoms with E-state index in [1.807, 2.05) is 31.2 Å². The minimum Gasteiger partial charge on any atom is -0.493 e. The van der Waals surface area contributed by atoms with E-state index in [9.17, 15) is 9.59 Å². The maximum Gasteiger partial charge on any atom is 0.227 e. The number of nitrogens with one attached hydrogen (secondary N) is 2. The molecular weight excluding hydrogens is 292 g/mol.